The quantitative estimate of drug-likeness (QED) is 0.651. The van der Waals surface area contributed by atoms with Crippen molar-refractivity contribution in [1.29, 1.82) is 0 Å². The largest absolute Gasteiger partial charge is 0.434 e. The van der Waals surface area contributed by atoms with Crippen LogP contribution >= 0.6 is 0 Å². The third kappa shape index (κ3) is 4.73. The second-order valence-corrected chi connectivity index (χ2v) is 11.8. The van der Waals surface area contributed by atoms with Crippen LogP contribution in [0.3, 0.4) is 0 Å². The zero-order chi connectivity index (χ0) is 10.5. The van der Waals surface area contributed by atoms with Crippen LogP contribution < -0.4 is 0 Å². The summed E-state index contributed by atoms with van der Waals surface area (Å²) in [6, 6.07) is 0. The average Bonchev–Trinajstić information content (AvgIpc) is 2.01. The van der Waals surface area contributed by atoms with Crippen molar-refractivity contribution in [3.05, 3.63) is 24.6 Å². The Balaban J connectivity index is 4.49. The van der Waals surface area contributed by atoms with Crippen molar-refractivity contribution in [2.24, 2.45) is 0 Å². The Morgan fingerprint density at radius 3 is 1.38 bits per heavy atom. The molecule has 2 nitrogen and oxygen atoms in total. The molecule has 0 N–H and O–H groups in total. The number of rotatable bonds is 6. The van der Waals surface area contributed by atoms with Gasteiger partial charge >= 0.3 is 8.56 Å². The first-order chi connectivity index (χ1) is 5.95. The van der Waals surface area contributed by atoms with E-state index in [4.69, 9.17) is 8.23 Å². The van der Waals surface area contributed by atoms with Crippen LogP contribution in [0.1, 0.15) is 0 Å². The monoisotopic (exact) mass is 232 g/mol. The molecule has 13 heavy (non-hydrogen) atoms. The van der Waals surface area contributed by atoms with E-state index in [0.717, 1.165) is 0 Å². The molecule has 0 spiro atoms. The van der Waals surface area contributed by atoms with E-state index in [1.54, 1.807) is 0 Å². The highest BCUT2D eigenvalue weighted by molar-refractivity contribution is 6.86. The van der Waals surface area contributed by atoms with E-state index < -0.39 is 26.6 Å². The minimum atomic E-state index is -2.22. The molecule has 0 rings (SSSR count). The maximum Gasteiger partial charge on any atom is 0.369 e. The lowest BCUT2D eigenvalue weighted by Gasteiger charge is -2.28. The van der Waals surface area contributed by atoms with Crippen LogP contribution in [0.2, 0.25) is 26.2 Å². The molecule has 0 aliphatic heterocycles. The Morgan fingerprint density at radius 1 is 0.923 bits per heavy atom. The zero-order valence-corrected chi connectivity index (χ0v) is 12.3. The van der Waals surface area contributed by atoms with Crippen molar-refractivity contribution in [2.45, 2.75) is 26.2 Å². The van der Waals surface area contributed by atoms with Crippen molar-refractivity contribution < 1.29 is 8.23 Å². The van der Waals surface area contributed by atoms with Gasteiger partial charge < -0.3 is 8.23 Å². The predicted molar refractivity (Wildman–Crippen MR) is 66.1 cm³/mol. The molecule has 0 heterocycles. The highest BCUT2D eigenvalue weighted by atomic mass is 28.5. The van der Waals surface area contributed by atoms with Crippen molar-refractivity contribution >= 4 is 26.6 Å². The van der Waals surface area contributed by atoms with Crippen LogP contribution in [0.15, 0.2) is 24.6 Å². The third-order valence-corrected chi connectivity index (χ3v) is 9.27. The van der Waals surface area contributed by atoms with Gasteiger partial charge in [-0.1, -0.05) is 0 Å². The fourth-order valence-corrected chi connectivity index (χ4v) is 9.36. The maximum absolute atomic E-state index is 5.90. The van der Waals surface area contributed by atoms with E-state index in [1.807, 2.05) is 11.4 Å². The molecule has 0 aromatic heterocycles. The van der Waals surface area contributed by atoms with Crippen LogP contribution in [-0.4, -0.2) is 26.6 Å². The highest BCUT2D eigenvalue weighted by Crippen LogP contribution is 2.13. The van der Waals surface area contributed by atoms with E-state index in [0.29, 0.717) is 0 Å². The van der Waals surface area contributed by atoms with Gasteiger partial charge in [0, 0.05) is 0 Å². The van der Waals surface area contributed by atoms with Gasteiger partial charge in [0.1, 0.15) is 0 Å². The van der Waals surface area contributed by atoms with Gasteiger partial charge in [-0.05, 0) is 37.6 Å². The summed E-state index contributed by atoms with van der Waals surface area (Å²) in [6.07, 6.45) is 0. The summed E-state index contributed by atoms with van der Waals surface area (Å²) in [7, 11) is -4.36. The second-order valence-electron chi connectivity index (χ2n) is 3.46. The van der Waals surface area contributed by atoms with Crippen LogP contribution in [0.5, 0.6) is 0 Å². The van der Waals surface area contributed by atoms with Gasteiger partial charge in [0.25, 0.3) is 0 Å². The first-order valence-electron chi connectivity index (χ1n) is 4.58. The lowest BCUT2D eigenvalue weighted by Crippen LogP contribution is -2.45. The molecule has 0 amide bonds. The maximum atomic E-state index is 5.90. The molecule has 0 unspecified atom stereocenters. The van der Waals surface area contributed by atoms with Crippen LogP contribution in [-0.2, 0) is 8.23 Å². The Morgan fingerprint density at radius 2 is 1.23 bits per heavy atom. The Labute approximate surface area is 86.0 Å². The fourth-order valence-electron chi connectivity index (χ4n) is 1.04. The third-order valence-electron chi connectivity index (χ3n) is 1.41. The molecule has 0 aromatic carbocycles. The van der Waals surface area contributed by atoms with E-state index >= 15 is 0 Å². The van der Waals surface area contributed by atoms with Crippen molar-refractivity contribution in [1.82, 2.24) is 0 Å². The smallest absolute Gasteiger partial charge is 0.369 e. The average molecular weight is 233 g/mol. The molecule has 0 atom stereocenters. The topological polar surface area (TPSA) is 18.5 Å². The van der Waals surface area contributed by atoms with Crippen molar-refractivity contribution in [3.63, 3.8) is 0 Å². The number of hydrogen-bond donors (Lipinski definition) is 0. The summed E-state index contributed by atoms with van der Waals surface area (Å²) in [5.41, 5.74) is 3.67. The summed E-state index contributed by atoms with van der Waals surface area (Å²) in [5, 5.41) is 0. The van der Waals surface area contributed by atoms with Gasteiger partial charge in [0.15, 0.2) is 18.1 Å². The molecular weight excluding hydrogens is 212 g/mol. The molecule has 0 saturated carbocycles. The molecule has 76 valence electrons. The summed E-state index contributed by atoms with van der Waals surface area (Å²) in [6.45, 7) is 16.1. The van der Waals surface area contributed by atoms with Gasteiger partial charge in [0.2, 0.25) is 0 Å². The van der Waals surface area contributed by atoms with Gasteiger partial charge in [0.05, 0.1) is 0 Å². The lowest BCUT2D eigenvalue weighted by molar-refractivity contribution is 0.430. The van der Waals surface area contributed by atoms with Crippen LogP contribution in [0, 0.1) is 0 Å². The highest BCUT2D eigenvalue weighted by Gasteiger charge is 2.32. The molecule has 0 aliphatic carbocycles. The van der Waals surface area contributed by atoms with Crippen molar-refractivity contribution in [2.75, 3.05) is 0 Å². The molecule has 0 bridgehead atoms. The summed E-state index contributed by atoms with van der Waals surface area (Å²) >= 11 is 0. The molecular formula is C8H20O2Si3. The standard InChI is InChI=1S/C8H20O2Si3/c1-7-13(8-2,9-11(3)4)10-12(5)6/h7-8,11-12H,1-2H2,3-6H3. The predicted octanol–water partition coefficient (Wildman–Crippen LogP) is 1.88. The minimum Gasteiger partial charge on any atom is -0.434 e. The van der Waals surface area contributed by atoms with E-state index in [2.05, 4.69) is 39.3 Å². The SMILES string of the molecule is C=C[Si](C=C)(O[SiH](C)C)O[SiH](C)C. The first-order valence-corrected chi connectivity index (χ1v) is 12.1. The molecule has 0 aliphatic rings. The summed E-state index contributed by atoms with van der Waals surface area (Å²) in [4.78, 5) is 0. The second kappa shape index (κ2) is 5.71. The summed E-state index contributed by atoms with van der Waals surface area (Å²) < 4.78 is 11.8. The summed E-state index contributed by atoms with van der Waals surface area (Å²) in [5.74, 6) is 0. The first kappa shape index (κ1) is 13.1. The minimum absolute atomic E-state index is 1.07. The van der Waals surface area contributed by atoms with E-state index in [-0.39, 0.29) is 0 Å². The Hall–Kier alpha value is 0.0506. The van der Waals surface area contributed by atoms with Crippen LogP contribution in [0.4, 0.5) is 0 Å². The Kier molecular flexibility index (Phi) is 5.73. The zero-order valence-electron chi connectivity index (χ0n) is 9.04. The Bertz CT molecular complexity index is 160. The van der Waals surface area contributed by atoms with Crippen LogP contribution in [0.25, 0.3) is 0 Å². The molecule has 0 aromatic rings. The molecule has 0 radical (unpaired) electrons. The van der Waals surface area contributed by atoms with Crippen molar-refractivity contribution in [3.8, 4) is 0 Å². The van der Waals surface area contributed by atoms with Gasteiger partial charge in [-0.25, -0.2) is 0 Å². The normalized spacial score (nSPS) is 12.2. The fraction of sp³-hybridized carbons (Fsp3) is 0.500. The number of hydrogen-bond acceptors (Lipinski definition) is 2. The van der Waals surface area contributed by atoms with Gasteiger partial charge in [-0.2, -0.15) is 0 Å². The molecule has 5 heteroatoms. The molecule has 0 saturated heterocycles. The van der Waals surface area contributed by atoms with Gasteiger partial charge in [-0.15, -0.1) is 13.2 Å². The van der Waals surface area contributed by atoms with Gasteiger partial charge in [-0.3, -0.25) is 0 Å². The lowest BCUT2D eigenvalue weighted by atomic mass is 11.2. The van der Waals surface area contributed by atoms with E-state index in [9.17, 15) is 0 Å². The van der Waals surface area contributed by atoms with E-state index in [1.165, 1.54) is 0 Å². The molecule has 0 fully saturated rings.